The molecule has 1 aromatic carbocycles. The summed E-state index contributed by atoms with van der Waals surface area (Å²) in [6.07, 6.45) is 5.83. The van der Waals surface area contributed by atoms with Gasteiger partial charge in [0.05, 0.1) is 6.54 Å². The van der Waals surface area contributed by atoms with Gasteiger partial charge in [-0.05, 0) is 62.3 Å². The van der Waals surface area contributed by atoms with Crippen molar-refractivity contribution in [1.82, 2.24) is 10.2 Å². The van der Waals surface area contributed by atoms with Crippen LogP contribution in [0.1, 0.15) is 55.8 Å². The van der Waals surface area contributed by atoms with Crippen molar-refractivity contribution in [1.29, 1.82) is 0 Å². The molecule has 6 nitrogen and oxygen atoms in total. The monoisotopic (exact) mass is 371 g/mol. The lowest BCUT2D eigenvalue weighted by molar-refractivity contribution is -0.131. The number of likely N-dealkylation sites (N-methyl/N-ethyl adjacent to an activating group) is 1. The van der Waals surface area contributed by atoms with Gasteiger partial charge in [0, 0.05) is 37.3 Å². The second-order valence-electron chi connectivity index (χ2n) is 7.80. The third-order valence-corrected chi connectivity index (χ3v) is 5.84. The van der Waals surface area contributed by atoms with E-state index < -0.39 is 0 Å². The molecule has 1 heterocycles. The number of amides is 3. The zero-order valence-electron chi connectivity index (χ0n) is 16.2. The summed E-state index contributed by atoms with van der Waals surface area (Å²) < 4.78 is 0. The summed E-state index contributed by atoms with van der Waals surface area (Å²) in [5.74, 6) is 0.539. The van der Waals surface area contributed by atoms with Crippen molar-refractivity contribution in [3.05, 3.63) is 29.8 Å². The van der Waals surface area contributed by atoms with E-state index in [2.05, 4.69) is 12.2 Å². The number of carbonyl (C=O) groups is 3. The van der Waals surface area contributed by atoms with E-state index in [9.17, 15) is 14.4 Å². The number of rotatable bonds is 5. The first kappa shape index (κ1) is 19.4. The third kappa shape index (κ3) is 4.67. The predicted molar refractivity (Wildman–Crippen MR) is 105 cm³/mol. The van der Waals surface area contributed by atoms with E-state index >= 15 is 0 Å². The van der Waals surface area contributed by atoms with Crippen LogP contribution in [-0.2, 0) is 9.59 Å². The first-order valence-electron chi connectivity index (χ1n) is 9.90. The molecule has 1 aliphatic heterocycles. The van der Waals surface area contributed by atoms with E-state index in [0.717, 1.165) is 50.3 Å². The zero-order valence-corrected chi connectivity index (χ0v) is 16.2. The molecule has 146 valence electrons. The molecular formula is C21H29N3O3. The fraction of sp³-hybridized carbons (Fsp3) is 0.571. The second kappa shape index (κ2) is 8.55. The molecule has 1 saturated carbocycles. The smallest absolute Gasteiger partial charge is 0.251 e. The Kier molecular flexibility index (Phi) is 6.14. The Morgan fingerprint density at radius 3 is 2.41 bits per heavy atom. The lowest BCUT2D eigenvalue weighted by Gasteiger charge is -2.33. The predicted octanol–water partition coefficient (Wildman–Crippen LogP) is 2.58. The van der Waals surface area contributed by atoms with Crippen molar-refractivity contribution in [2.45, 2.75) is 51.5 Å². The zero-order chi connectivity index (χ0) is 19.4. The molecule has 1 aliphatic carbocycles. The average molecular weight is 371 g/mol. The van der Waals surface area contributed by atoms with E-state index in [-0.39, 0.29) is 30.3 Å². The highest BCUT2D eigenvalue weighted by Crippen LogP contribution is 2.26. The molecule has 6 heteroatoms. The van der Waals surface area contributed by atoms with E-state index in [4.69, 9.17) is 0 Å². The first-order valence-corrected chi connectivity index (χ1v) is 9.90. The van der Waals surface area contributed by atoms with Crippen LogP contribution in [0, 0.1) is 5.92 Å². The molecule has 0 atom stereocenters. The van der Waals surface area contributed by atoms with Crippen molar-refractivity contribution in [3.63, 3.8) is 0 Å². The molecule has 0 radical (unpaired) electrons. The molecule has 0 bridgehead atoms. The number of hydrogen-bond donors (Lipinski definition) is 1. The normalized spacial score (nSPS) is 22.6. The minimum atomic E-state index is -0.270. The molecule has 27 heavy (non-hydrogen) atoms. The Morgan fingerprint density at radius 2 is 1.81 bits per heavy atom. The molecule has 0 spiro atoms. The SMILES string of the molecule is CC1CCC(N(C)C(=O)CNC(=O)c2ccc(N3CCCC3=O)cc2)CC1. The Balaban J connectivity index is 1.50. The van der Waals surface area contributed by atoms with E-state index in [1.807, 2.05) is 7.05 Å². The van der Waals surface area contributed by atoms with Gasteiger partial charge in [0.2, 0.25) is 11.8 Å². The standard InChI is InChI=1S/C21H29N3O3/c1-15-5-9-17(10-6-15)23(2)20(26)14-22-21(27)16-7-11-18(12-8-16)24-13-3-4-19(24)25/h7-8,11-12,15,17H,3-6,9-10,13-14H2,1-2H3,(H,22,27). The molecule has 0 aromatic heterocycles. The molecule has 3 amide bonds. The second-order valence-corrected chi connectivity index (χ2v) is 7.80. The number of anilines is 1. The molecule has 1 saturated heterocycles. The van der Waals surface area contributed by atoms with Crippen LogP contribution in [0.15, 0.2) is 24.3 Å². The lowest BCUT2D eigenvalue weighted by atomic mass is 9.87. The summed E-state index contributed by atoms with van der Waals surface area (Å²) in [6, 6.07) is 7.26. The highest BCUT2D eigenvalue weighted by Gasteiger charge is 2.25. The van der Waals surface area contributed by atoms with Crippen LogP contribution in [0.4, 0.5) is 5.69 Å². The van der Waals surface area contributed by atoms with Gasteiger partial charge < -0.3 is 15.1 Å². The van der Waals surface area contributed by atoms with Crippen LogP contribution < -0.4 is 10.2 Å². The number of nitrogens with one attached hydrogen (secondary N) is 1. The van der Waals surface area contributed by atoms with Gasteiger partial charge >= 0.3 is 0 Å². The summed E-state index contributed by atoms with van der Waals surface area (Å²) >= 11 is 0. The number of benzene rings is 1. The Bertz CT molecular complexity index is 693. The topological polar surface area (TPSA) is 69.7 Å². The Morgan fingerprint density at radius 1 is 1.15 bits per heavy atom. The minimum Gasteiger partial charge on any atom is -0.343 e. The summed E-state index contributed by atoms with van der Waals surface area (Å²) in [5.41, 5.74) is 1.31. The van der Waals surface area contributed by atoms with Crippen LogP contribution in [-0.4, -0.2) is 48.8 Å². The van der Waals surface area contributed by atoms with Crippen molar-refractivity contribution in [2.75, 3.05) is 25.0 Å². The van der Waals surface area contributed by atoms with Crippen molar-refractivity contribution in [2.24, 2.45) is 5.92 Å². The summed E-state index contributed by atoms with van der Waals surface area (Å²) in [6.45, 7) is 2.99. The van der Waals surface area contributed by atoms with Crippen LogP contribution in [0.25, 0.3) is 0 Å². The molecule has 1 aromatic rings. The maximum Gasteiger partial charge on any atom is 0.251 e. The van der Waals surface area contributed by atoms with E-state index in [1.165, 1.54) is 0 Å². The summed E-state index contributed by atoms with van der Waals surface area (Å²) in [5, 5.41) is 2.71. The summed E-state index contributed by atoms with van der Waals surface area (Å²) in [7, 11) is 1.83. The largest absolute Gasteiger partial charge is 0.343 e. The van der Waals surface area contributed by atoms with Gasteiger partial charge in [0.1, 0.15) is 0 Å². The fourth-order valence-corrected chi connectivity index (χ4v) is 3.93. The van der Waals surface area contributed by atoms with Gasteiger partial charge in [-0.1, -0.05) is 6.92 Å². The number of carbonyl (C=O) groups excluding carboxylic acids is 3. The van der Waals surface area contributed by atoms with Gasteiger partial charge in [-0.3, -0.25) is 14.4 Å². The van der Waals surface area contributed by atoms with Gasteiger partial charge in [0.25, 0.3) is 5.91 Å². The number of nitrogens with zero attached hydrogens (tertiary/aromatic N) is 2. The lowest BCUT2D eigenvalue weighted by Crippen LogP contribution is -2.44. The van der Waals surface area contributed by atoms with Crippen LogP contribution >= 0.6 is 0 Å². The van der Waals surface area contributed by atoms with Crippen molar-refractivity contribution >= 4 is 23.4 Å². The van der Waals surface area contributed by atoms with E-state index in [1.54, 1.807) is 34.1 Å². The van der Waals surface area contributed by atoms with Gasteiger partial charge in [-0.25, -0.2) is 0 Å². The third-order valence-electron chi connectivity index (χ3n) is 5.84. The molecule has 3 rings (SSSR count). The van der Waals surface area contributed by atoms with Crippen LogP contribution in [0.2, 0.25) is 0 Å². The van der Waals surface area contributed by atoms with Crippen LogP contribution in [0.3, 0.4) is 0 Å². The maximum absolute atomic E-state index is 12.4. The fourth-order valence-electron chi connectivity index (χ4n) is 3.93. The van der Waals surface area contributed by atoms with Gasteiger partial charge in [-0.15, -0.1) is 0 Å². The highest BCUT2D eigenvalue weighted by atomic mass is 16.2. The Labute approximate surface area is 160 Å². The first-order chi connectivity index (χ1) is 13.0. The molecule has 2 aliphatic rings. The Hall–Kier alpha value is -2.37. The van der Waals surface area contributed by atoms with Crippen molar-refractivity contribution < 1.29 is 14.4 Å². The van der Waals surface area contributed by atoms with Gasteiger partial charge in [0.15, 0.2) is 0 Å². The van der Waals surface area contributed by atoms with Gasteiger partial charge in [-0.2, -0.15) is 0 Å². The van der Waals surface area contributed by atoms with E-state index in [0.29, 0.717) is 12.0 Å². The summed E-state index contributed by atoms with van der Waals surface area (Å²) in [4.78, 5) is 40.0. The highest BCUT2D eigenvalue weighted by molar-refractivity contribution is 5.98. The quantitative estimate of drug-likeness (QED) is 0.865. The molecule has 0 unspecified atom stereocenters. The average Bonchev–Trinajstić information content (AvgIpc) is 3.12. The number of hydrogen-bond acceptors (Lipinski definition) is 3. The van der Waals surface area contributed by atoms with Crippen LogP contribution in [0.5, 0.6) is 0 Å². The molecule has 2 fully saturated rings. The molecule has 1 N–H and O–H groups in total. The van der Waals surface area contributed by atoms with Crippen molar-refractivity contribution in [3.8, 4) is 0 Å². The maximum atomic E-state index is 12.4. The minimum absolute atomic E-state index is 0.00769. The molecular weight excluding hydrogens is 342 g/mol.